The molecule has 0 aliphatic heterocycles. The van der Waals surface area contributed by atoms with Crippen molar-refractivity contribution in [1.82, 2.24) is 0 Å². The fourth-order valence-corrected chi connectivity index (χ4v) is 3.68. The maximum Gasteiger partial charge on any atom is 0.131 e. The number of methoxy groups -OCH3 is 1. The van der Waals surface area contributed by atoms with Crippen molar-refractivity contribution in [1.29, 1.82) is 0 Å². The summed E-state index contributed by atoms with van der Waals surface area (Å²) in [6.07, 6.45) is 4.55. The zero-order valence-corrected chi connectivity index (χ0v) is 17.4. The summed E-state index contributed by atoms with van der Waals surface area (Å²) in [7, 11) is 1.79. The second-order valence-corrected chi connectivity index (χ2v) is 9.45. The van der Waals surface area contributed by atoms with Gasteiger partial charge in [-0.2, -0.15) is 0 Å². The topological polar surface area (TPSA) is 9.23 Å². The van der Waals surface area contributed by atoms with Crippen LogP contribution in [0.2, 0.25) is 0 Å². The number of benzene rings is 2. The highest BCUT2D eigenvalue weighted by molar-refractivity contribution is 5.88. The Hall–Kier alpha value is -2.02. The van der Waals surface area contributed by atoms with Crippen LogP contribution in [0, 0.1) is 6.42 Å². The van der Waals surface area contributed by atoms with Crippen molar-refractivity contribution in [2.75, 3.05) is 7.11 Å². The summed E-state index contributed by atoms with van der Waals surface area (Å²) in [5.41, 5.74) is 9.07. The number of fused-ring (bicyclic) bond motifs is 1. The second-order valence-electron chi connectivity index (χ2n) is 9.45. The van der Waals surface area contributed by atoms with Gasteiger partial charge in [0.25, 0.3) is 0 Å². The molecule has 0 saturated heterocycles. The van der Waals surface area contributed by atoms with Gasteiger partial charge in [-0.1, -0.05) is 83.5 Å². The van der Waals surface area contributed by atoms with Gasteiger partial charge in [0, 0.05) is 17.5 Å². The van der Waals surface area contributed by atoms with E-state index in [4.69, 9.17) is 4.74 Å². The molecule has 0 fully saturated rings. The van der Waals surface area contributed by atoms with Gasteiger partial charge in [0.1, 0.15) is 5.75 Å². The maximum absolute atomic E-state index is 5.97. The quantitative estimate of drug-likeness (QED) is 0.572. The van der Waals surface area contributed by atoms with Crippen molar-refractivity contribution in [3.8, 4) is 16.9 Å². The van der Waals surface area contributed by atoms with E-state index in [0.29, 0.717) is 0 Å². The Kier molecular flexibility index (Phi) is 4.55. The molecule has 0 spiro atoms. The summed E-state index contributed by atoms with van der Waals surface area (Å²) in [4.78, 5) is 0. The van der Waals surface area contributed by atoms with Crippen molar-refractivity contribution in [3.05, 3.63) is 64.6 Å². The number of hydrogen-bond donors (Lipinski definition) is 0. The standard InChI is InChI=1S/C25H31O/c1-16-13-18-15-21(25(5,6)7)23(26-8)22(20(18)14-16)17-9-11-19(12-10-17)24(2,3)4/h9-15H,1-8H3. The van der Waals surface area contributed by atoms with Crippen LogP contribution in [-0.4, -0.2) is 7.11 Å². The van der Waals surface area contributed by atoms with Gasteiger partial charge in [-0.3, -0.25) is 0 Å². The third-order valence-corrected chi connectivity index (χ3v) is 5.16. The van der Waals surface area contributed by atoms with Crippen LogP contribution < -0.4 is 4.74 Å². The van der Waals surface area contributed by atoms with Gasteiger partial charge in [-0.05, 0) is 40.0 Å². The van der Waals surface area contributed by atoms with Crippen LogP contribution in [0.25, 0.3) is 17.2 Å². The lowest BCUT2D eigenvalue weighted by Crippen LogP contribution is -2.14. The van der Waals surface area contributed by atoms with E-state index in [-0.39, 0.29) is 10.8 Å². The van der Waals surface area contributed by atoms with Gasteiger partial charge in [-0.15, -0.1) is 0 Å². The van der Waals surface area contributed by atoms with Gasteiger partial charge in [0.2, 0.25) is 0 Å². The lowest BCUT2D eigenvalue weighted by atomic mass is 9.80. The van der Waals surface area contributed by atoms with Gasteiger partial charge in [0.15, 0.2) is 0 Å². The summed E-state index contributed by atoms with van der Waals surface area (Å²) in [6, 6.07) is 11.3. The molecule has 0 amide bonds. The average molecular weight is 348 g/mol. The van der Waals surface area contributed by atoms with E-state index < -0.39 is 0 Å². The third-order valence-electron chi connectivity index (χ3n) is 5.16. The first-order chi connectivity index (χ1) is 12.0. The molecule has 3 rings (SSSR count). The second kappa shape index (κ2) is 6.30. The minimum atomic E-state index is 0.0187. The first-order valence-electron chi connectivity index (χ1n) is 9.42. The highest BCUT2D eigenvalue weighted by Crippen LogP contribution is 2.46. The molecule has 137 valence electrons. The Balaban J connectivity index is 2.27. The molecule has 1 aliphatic rings. The Morgan fingerprint density at radius 1 is 0.846 bits per heavy atom. The Morgan fingerprint density at radius 3 is 1.96 bits per heavy atom. The van der Waals surface area contributed by atoms with E-state index in [1.807, 2.05) is 0 Å². The predicted octanol–water partition coefficient (Wildman–Crippen LogP) is 6.93. The third kappa shape index (κ3) is 3.32. The lowest BCUT2D eigenvalue weighted by molar-refractivity contribution is 0.399. The van der Waals surface area contributed by atoms with Crippen LogP contribution in [-0.2, 0) is 10.8 Å². The van der Waals surface area contributed by atoms with E-state index in [9.17, 15) is 0 Å². The summed E-state index contributed by atoms with van der Waals surface area (Å²) in [6.45, 7) is 15.7. The smallest absolute Gasteiger partial charge is 0.131 e. The van der Waals surface area contributed by atoms with Gasteiger partial charge in [-0.25, -0.2) is 0 Å². The first-order valence-corrected chi connectivity index (χ1v) is 9.42. The van der Waals surface area contributed by atoms with Crippen molar-refractivity contribution in [2.45, 2.75) is 59.3 Å². The Labute approximate surface area is 159 Å². The largest absolute Gasteiger partial charge is 0.496 e. The fourth-order valence-electron chi connectivity index (χ4n) is 3.68. The zero-order valence-electron chi connectivity index (χ0n) is 17.4. The fraction of sp³-hybridized carbons (Fsp3) is 0.400. The molecule has 0 aromatic heterocycles. The number of rotatable bonds is 2. The minimum absolute atomic E-state index is 0.0187. The summed E-state index contributed by atoms with van der Waals surface area (Å²) < 4.78 is 5.97. The minimum Gasteiger partial charge on any atom is -0.496 e. The molecule has 1 heteroatoms. The van der Waals surface area contributed by atoms with Gasteiger partial charge in [0.05, 0.1) is 7.11 Å². The molecule has 0 heterocycles. The van der Waals surface area contributed by atoms with Gasteiger partial charge < -0.3 is 4.74 Å². The molecular formula is C25H31O. The van der Waals surface area contributed by atoms with Crippen LogP contribution in [0.4, 0.5) is 0 Å². The molecule has 2 aromatic rings. The Morgan fingerprint density at radius 2 is 1.46 bits per heavy atom. The molecule has 0 bridgehead atoms. The van der Waals surface area contributed by atoms with Crippen molar-refractivity contribution < 1.29 is 4.74 Å². The summed E-state index contributed by atoms with van der Waals surface area (Å²) in [5, 5.41) is 0. The van der Waals surface area contributed by atoms with E-state index in [1.165, 1.54) is 39.0 Å². The van der Waals surface area contributed by atoms with Crippen molar-refractivity contribution >= 4 is 6.08 Å². The van der Waals surface area contributed by atoms with Crippen molar-refractivity contribution in [3.63, 3.8) is 0 Å². The lowest BCUT2D eigenvalue weighted by Gasteiger charge is -2.26. The molecule has 2 aromatic carbocycles. The molecule has 26 heavy (non-hydrogen) atoms. The van der Waals surface area contributed by atoms with Gasteiger partial charge >= 0.3 is 0 Å². The molecule has 0 atom stereocenters. The van der Waals surface area contributed by atoms with Crippen molar-refractivity contribution in [2.24, 2.45) is 0 Å². The number of allylic oxidation sites excluding steroid dienone is 1. The molecule has 1 aliphatic carbocycles. The molecule has 0 unspecified atom stereocenters. The average Bonchev–Trinajstić information content (AvgIpc) is 2.91. The van der Waals surface area contributed by atoms with E-state index in [2.05, 4.69) is 91.3 Å². The van der Waals surface area contributed by atoms with E-state index in [0.717, 1.165) is 5.75 Å². The maximum atomic E-state index is 5.97. The molecular weight excluding hydrogens is 316 g/mol. The summed E-state index contributed by atoms with van der Waals surface area (Å²) in [5.74, 6) is 0.999. The molecule has 1 radical (unpaired) electrons. The summed E-state index contributed by atoms with van der Waals surface area (Å²) >= 11 is 0. The van der Waals surface area contributed by atoms with Crippen LogP contribution in [0.1, 0.15) is 70.7 Å². The molecule has 0 saturated carbocycles. The van der Waals surface area contributed by atoms with Crippen LogP contribution >= 0.6 is 0 Å². The van der Waals surface area contributed by atoms with Crippen LogP contribution in [0.3, 0.4) is 0 Å². The number of hydrogen-bond acceptors (Lipinski definition) is 1. The van der Waals surface area contributed by atoms with E-state index >= 15 is 0 Å². The van der Waals surface area contributed by atoms with E-state index in [1.54, 1.807) is 7.11 Å². The highest BCUT2D eigenvalue weighted by Gasteiger charge is 2.28. The van der Waals surface area contributed by atoms with Crippen LogP contribution in [0.15, 0.2) is 35.9 Å². The highest BCUT2D eigenvalue weighted by atomic mass is 16.5. The molecule has 1 nitrogen and oxygen atoms in total. The number of ether oxygens (including phenoxy) is 1. The SMILES string of the molecule is COc1c(C(C)(C)C)cc2c(c1-c1ccc(C(C)(C)C)cc1)C=C(C)[CH]2. The van der Waals surface area contributed by atoms with Crippen LogP contribution in [0.5, 0.6) is 5.75 Å². The molecule has 0 N–H and O–H groups in total. The Bertz CT molecular complexity index is 853. The zero-order chi connectivity index (χ0) is 19.3. The monoisotopic (exact) mass is 347 g/mol. The predicted molar refractivity (Wildman–Crippen MR) is 113 cm³/mol. The normalized spacial score (nSPS) is 14.2. The first kappa shape index (κ1) is 18.8.